The number of aromatic nitrogens is 1. The molecule has 1 aromatic rings. The number of pyridine rings is 1. The summed E-state index contributed by atoms with van der Waals surface area (Å²) in [7, 11) is 3.70. The lowest BCUT2D eigenvalue weighted by Crippen LogP contribution is -2.34. The van der Waals surface area contributed by atoms with Gasteiger partial charge in [-0.3, -0.25) is 4.79 Å². The molecule has 0 spiro atoms. The van der Waals surface area contributed by atoms with Crippen LogP contribution in [0.25, 0.3) is 0 Å². The molecule has 0 fully saturated rings. The first-order valence-electron chi connectivity index (χ1n) is 7.16. The highest BCUT2D eigenvalue weighted by Crippen LogP contribution is 2.14. The lowest BCUT2D eigenvalue weighted by Gasteiger charge is -2.21. The van der Waals surface area contributed by atoms with E-state index in [2.05, 4.69) is 33.5 Å². The minimum absolute atomic E-state index is 0.0197. The van der Waals surface area contributed by atoms with Gasteiger partial charge in [0.05, 0.1) is 0 Å². The normalized spacial score (nSPS) is 12.2. The van der Waals surface area contributed by atoms with Gasteiger partial charge in [0.25, 0.3) is 0 Å². The fourth-order valence-corrected chi connectivity index (χ4v) is 2.12. The molecule has 5 nitrogen and oxygen atoms in total. The first kappa shape index (κ1) is 16.4. The van der Waals surface area contributed by atoms with E-state index in [9.17, 15) is 4.79 Å². The fraction of sp³-hybridized carbons (Fsp3) is 0.600. The van der Waals surface area contributed by atoms with Crippen LogP contribution in [0.15, 0.2) is 18.3 Å². The van der Waals surface area contributed by atoms with Gasteiger partial charge in [0.15, 0.2) is 0 Å². The predicted octanol–water partition coefficient (Wildman–Crippen LogP) is 1.72. The van der Waals surface area contributed by atoms with Crippen LogP contribution in [0, 0.1) is 5.92 Å². The Morgan fingerprint density at radius 2 is 2.25 bits per heavy atom. The highest BCUT2D eigenvalue weighted by atomic mass is 16.1. The molecular formula is C15H26N4O. The number of carbonyl (C=O) groups excluding carboxylic acids is 1. The second kappa shape index (κ2) is 8.53. The van der Waals surface area contributed by atoms with E-state index >= 15 is 0 Å². The van der Waals surface area contributed by atoms with Crippen LogP contribution in [0.1, 0.15) is 25.8 Å². The van der Waals surface area contributed by atoms with E-state index in [-0.39, 0.29) is 11.8 Å². The topological polar surface area (TPSA) is 57.3 Å². The van der Waals surface area contributed by atoms with E-state index < -0.39 is 0 Å². The molecular weight excluding hydrogens is 252 g/mol. The van der Waals surface area contributed by atoms with Gasteiger partial charge in [-0.15, -0.1) is 0 Å². The second-order valence-corrected chi connectivity index (χ2v) is 5.15. The molecule has 5 heteroatoms. The Balaban J connectivity index is 2.61. The van der Waals surface area contributed by atoms with Gasteiger partial charge in [0.1, 0.15) is 5.82 Å². The molecule has 1 amide bonds. The summed E-state index contributed by atoms with van der Waals surface area (Å²) in [6.07, 6.45) is 2.87. The van der Waals surface area contributed by atoms with Crippen molar-refractivity contribution in [3.8, 4) is 0 Å². The molecule has 2 N–H and O–H groups in total. The van der Waals surface area contributed by atoms with Crippen molar-refractivity contribution in [1.29, 1.82) is 0 Å². The van der Waals surface area contributed by atoms with Crippen LogP contribution in [0.3, 0.4) is 0 Å². The van der Waals surface area contributed by atoms with E-state index in [0.29, 0.717) is 0 Å². The van der Waals surface area contributed by atoms with Gasteiger partial charge in [0, 0.05) is 44.4 Å². The minimum atomic E-state index is -0.0197. The summed E-state index contributed by atoms with van der Waals surface area (Å²) in [5, 5.41) is 6.02. The molecule has 20 heavy (non-hydrogen) atoms. The smallest absolute Gasteiger partial charge is 0.223 e. The Morgan fingerprint density at radius 1 is 1.50 bits per heavy atom. The quantitative estimate of drug-likeness (QED) is 0.760. The maximum atomic E-state index is 11.5. The third kappa shape index (κ3) is 5.17. The van der Waals surface area contributed by atoms with E-state index in [1.807, 2.05) is 20.0 Å². The lowest BCUT2D eigenvalue weighted by molar-refractivity contribution is -0.124. The number of nitrogens with one attached hydrogen (secondary N) is 2. The van der Waals surface area contributed by atoms with Crippen LogP contribution < -0.4 is 10.6 Å². The SMILES string of the molecule is CCCNc1ncccc1CN(C)CC(C)C(=O)NC. The van der Waals surface area contributed by atoms with Crippen molar-refractivity contribution < 1.29 is 4.79 Å². The molecule has 0 aromatic carbocycles. The van der Waals surface area contributed by atoms with Crippen LogP contribution >= 0.6 is 0 Å². The summed E-state index contributed by atoms with van der Waals surface area (Å²) in [6, 6.07) is 4.02. The number of hydrogen-bond acceptors (Lipinski definition) is 4. The summed E-state index contributed by atoms with van der Waals surface area (Å²) in [5.41, 5.74) is 1.16. The van der Waals surface area contributed by atoms with Crippen molar-refractivity contribution in [3.05, 3.63) is 23.9 Å². The van der Waals surface area contributed by atoms with Crippen LogP contribution in [0.5, 0.6) is 0 Å². The summed E-state index contributed by atoms with van der Waals surface area (Å²) in [4.78, 5) is 18.1. The molecule has 0 saturated heterocycles. The first-order chi connectivity index (χ1) is 9.58. The summed E-state index contributed by atoms with van der Waals surface area (Å²) in [5.74, 6) is 0.995. The van der Waals surface area contributed by atoms with Crippen LogP contribution in [-0.4, -0.2) is 43.0 Å². The van der Waals surface area contributed by atoms with E-state index in [1.54, 1.807) is 13.2 Å². The van der Waals surface area contributed by atoms with E-state index in [1.165, 1.54) is 0 Å². The molecule has 0 bridgehead atoms. The number of amides is 1. The third-order valence-electron chi connectivity index (χ3n) is 3.15. The zero-order chi connectivity index (χ0) is 15.0. The van der Waals surface area contributed by atoms with E-state index in [4.69, 9.17) is 0 Å². The molecule has 0 aliphatic rings. The number of nitrogens with zero attached hydrogens (tertiary/aromatic N) is 2. The number of rotatable bonds is 8. The molecule has 0 radical (unpaired) electrons. The highest BCUT2D eigenvalue weighted by molar-refractivity contribution is 5.78. The van der Waals surface area contributed by atoms with Crippen molar-refractivity contribution in [3.63, 3.8) is 0 Å². The van der Waals surface area contributed by atoms with Gasteiger partial charge in [-0.05, 0) is 19.5 Å². The molecule has 0 aliphatic heterocycles. The molecule has 1 aromatic heterocycles. The van der Waals surface area contributed by atoms with Crippen LogP contribution in [0.4, 0.5) is 5.82 Å². The Labute approximate surface area is 121 Å². The lowest BCUT2D eigenvalue weighted by atomic mass is 10.1. The second-order valence-electron chi connectivity index (χ2n) is 5.15. The maximum Gasteiger partial charge on any atom is 0.223 e. The zero-order valence-electron chi connectivity index (χ0n) is 12.9. The Morgan fingerprint density at radius 3 is 2.90 bits per heavy atom. The average Bonchev–Trinajstić information content (AvgIpc) is 2.45. The molecule has 0 aliphatic carbocycles. The van der Waals surface area contributed by atoms with Gasteiger partial charge >= 0.3 is 0 Å². The van der Waals surface area contributed by atoms with Crippen molar-refractivity contribution >= 4 is 11.7 Å². The number of carbonyl (C=O) groups is 1. The Kier molecular flexibility index (Phi) is 7.01. The van der Waals surface area contributed by atoms with Crippen molar-refractivity contribution in [2.24, 2.45) is 5.92 Å². The first-order valence-corrected chi connectivity index (χ1v) is 7.16. The molecule has 1 heterocycles. The monoisotopic (exact) mass is 278 g/mol. The molecule has 1 unspecified atom stereocenters. The van der Waals surface area contributed by atoms with Gasteiger partial charge < -0.3 is 15.5 Å². The van der Waals surface area contributed by atoms with Gasteiger partial charge in [0.2, 0.25) is 5.91 Å². The van der Waals surface area contributed by atoms with E-state index in [0.717, 1.165) is 37.4 Å². The highest BCUT2D eigenvalue weighted by Gasteiger charge is 2.14. The standard InChI is InChI=1S/C15H26N4O/c1-5-8-17-14-13(7-6-9-18-14)11-19(4)10-12(2)15(20)16-3/h6-7,9,12H,5,8,10-11H2,1-4H3,(H,16,20)(H,17,18). The number of hydrogen-bond donors (Lipinski definition) is 2. The fourth-order valence-electron chi connectivity index (χ4n) is 2.12. The Hall–Kier alpha value is -1.62. The molecule has 0 saturated carbocycles. The minimum Gasteiger partial charge on any atom is -0.370 e. The number of anilines is 1. The zero-order valence-corrected chi connectivity index (χ0v) is 12.9. The summed E-state index contributed by atoms with van der Waals surface area (Å²) < 4.78 is 0. The van der Waals surface area contributed by atoms with Crippen LogP contribution in [-0.2, 0) is 11.3 Å². The van der Waals surface area contributed by atoms with Gasteiger partial charge in [-0.1, -0.05) is 19.9 Å². The predicted molar refractivity (Wildman–Crippen MR) is 82.6 cm³/mol. The summed E-state index contributed by atoms with van der Waals surface area (Å²) >= 11 is 0. The summed E-state index contributed by atoms with van der Waals surface area (Å²) in [6.45, 7) is 6.49. The van der Waals surface area contributed by atoms with Crippen molar-refractivity contribution in [2.45, 2.75) is 26.8 Å². The van der Waals surface area contributed by atoms with Gasteiger partial charge in [-0.2, -0.15) is 0 Å². The molecule has 1 rings (SSSR count). The Bertz CT molecular complexity index is 422. The van der Waals surface area contributed by atoms with Crippen molar-refractivity contribution in [1.82, 2.24) is 15.2 Å². The largest absolute Gasteiger partial charge is 0.370 e. The molecule has 112 valence electrons. The third-order valence-corrected chi connectivity index (χ3v) is 3.15. The van der Waals surface area contributed by atoms with Crippen molar-refractivity contribution in [2.75, 3.05) is 32.5 Å². The maximum absolute atomic E-state index is 11.5. The average molecular weight is 278 g/mol. The molecule has 1 atom stereocenters. The van der Waals surface area contributed by atoms with Gasteiger partial charge in [-0.25, -0.2) is 4.98 Å². The van der Waals surface area contributed by atoms with Crippen LogP contribution in [0.2, 0.25) is 0 Å².